The molecular formula is C13H13N3O3S. The zero-order chi connectivity index (χ0) is 14.1. The lowest BCUT2D eigenvalue weighted by Gasteiger charge is -2.13. The summed E-state index contributed by atoms with van der Waals surface area (Å²) in [5, 5.41) is 0.703. The van der Waals surface area contributed by atoms with Crippen molar-refractivity contribution in [1.29, 1.82) is 0 Å². The van der Waals surface area contributed by atoms with Crippen molar-refractivity contribution in [2.45, 2.75) is 6.54 Å². The minimum absolute atomic E-state index is 0.00422. The molecule has 0 aliphatic carbocycles. The maximum Gasteiger partial charge on any atom is 0.282 e. The standard InChI is InChI=1S/C13H13N3O3S/c14-15-12(17)11-8-3-1-2-4-9(8)19-10(11)7-16-5-6-20-13(16)18/h1-4H,5-7,14H2,(H,15,17). The molecule has 2 heterocycles. The van der Waals surface area contributed by atoms with E-state index in [-0.39, 0.29) is 11.8 Å². The van der Waals surface area contributed by atoms with Crippen molar-refractivity contribution in [3.8, 4) is 0 Å². The smallest absolute Gasteiger partial charge is 0.282 e. The molecule has 7 heteroatoms. The molecule has 2 amide bonds. The summed E-state index contributed by atoms with van der Waals surface area (Å²) in [5.74, 6) is 6.04. The van der Waals surface area contributed by atoms with Gasteiger partial charge in [-0.25, -0.2) is 5.84 Å². The van der Waals surface area contributed by atoms with Crippen LogP contribution in [0.1, 0.15) is 16.1 Å². The summed E-state index contributed by atoms with van der Waals surface area (Å²) in [7, 11) is 0. The van der Waals surface area contributed by atoms with Crippen LogP contribution in [0.15, 0.2) is 28.7 Å². The number of carbonyl (C=O) groups excluding carboxylic acids is 2. The molecule has 3 N–H and O–H groups in total. The highest BCUT2D eigenvalue weighted by molar-refractivity contribution is 8.13. The van der Waals surface area contributed by atoms with E-state index in [1.807, 2.05) is 12.1 Å². The van der Waals surface area contributed by atoms with Crippen LogP contribution < -0.4 is 11.3 Å². The third kappa shape index (κ3) is 2.14. The molecule has 0 saturated carbocycles. The molecule has 1 aromatic heterocycles. The SMILES string of the molecule is NNC(=O)c1c(CN2CCSC2=O)oc2ccccc12. The normalized spacial score (nSPS) is 15.1. The number of carbonyl (C=O) groups is 2. The molecule has 3 rings (SSSR count). The molecule has 0 unspecified atom stereocenters. The summed E-state index contributed by atoms with van der Waals surface area (Å²) >= 11 is 1.27. The quantitative estimate of drug-likeness (QED) is 0.510. The van der Waals surface area contributed by atoms with E-state index in [4.69, 9.17) is 10.3 Å². The van der Waals surface area contributed by atoms with Crippen LogP contribution in [-0.2, 0) is 6.54 Å². The van der Waals surface area contributed by atoms with Crippen molar-refractivity contribution < 1.29 is 14.0 Å². The first kappa shape index (κ1) is 13.0. The number of fused-ring (bicyclic) bond motifs is 1. The molecule has 0 atom stereocenters. The molecule has 0 radical (unpaired) electrons. The van der Waals surface area contributed by atoms with Gasteiger partial charge in [0.2, 0.25) is 0 Å². The number of nitrogens with zero attached hydrogens (tertiary/aromatic N) is 1. The van der Waals surface area contributed by atoms with Crippen LogP contribution in [0.3, 0.4) is 0 Å². The summed E-state index contributed by atoms with van der Waals surface area (Å²) in [5.41, 5.74) is 3.14. The van der Waals surface area contributed by atoms with E-state index in [1.54, 1.807) is 17.0 Å². The highest BCUT2D eigenvalue weighted by Crippen LogP contribution is 2.28. The van der Waals surface area contributed by atoms with Crippen molar-refractivity contribution in [1.82, 2.24) is 10.3 Å². The van der Waals surface area contributed by atoms with Gasteiger partial charge in [-0.3, -0.25) is 15.0 Å². The van der Waals surface area contributed by atoms with E-state index in [1.165, 1.54) is 11.8 Å². The van der Waals surface area contributed by atoms with Crippen LogP contribution in [0.4, 0.5) is 4.79 Å². The van der Waals surface area contributed by atoms with Crippen LogP contribution in [0, 0.1) is 0 Å². The lowest BCUT2D eigenvalue weighted by Crippen LogP contribution is -2.31. The summed E-state index contributed by atoms with van der Waals surface area (Å²) in [6, 6.07) is 7.24. The lowest BCUT2D eigenvalue weighted by atomic mass is 10.1. The molecule has 2 aromatic rings. The maximum absolute atomic E-state index is 12.0. The van der Waals surface area contributed by atoms with Gasteiger partial charge in [0.1, 0.15) is 11.3 Å². The average Bonchev–Trinajstić information content (AvgIpc) is 3.02. The number of thioether (sulfide) groups is 1. The number of furan rings is 1. The molecule has 1 aromatic carbocycles. The minimum atomic E-state index is -0.413. The maximum atomic E-state index is 12.0. The number of hydrogen-bond donors (Lipinski definition) is 2. The van der Waals surface area contributed by atoms with E-state index in [0.717, 1.165) is 5.75 Å². The molecule has 1 fully saturated rings. The minimum Gasteiger partial charge on any atom is -0.458 e. The van der Waals surface area contributed by atoms with Gasteiger partial charge < -0.3 is 9.32 Å². The molecular weight excluding hydrogens is 278 g/mol. The topological polar surface area (TPSA) is 88.6 Å². The molecule has 1 aliphatic rings. The van der Waals surface area contributed by atoms with Gasteiger partial charge >= 0.3 is 0 Å². The van der Waals surface area contributed by atoms with Gasteiger partial charge in [-0.05, 0) is 6.07 Å². The fourth-order valence-electron chi connectivity index (χ4n) is 2.27. The molecule has 1 aliphatic heterocycles. The van der Waals surface area contributed by atoms with Gasteiger partial charge in [-0.15, -0.1) is 0 Å². The van der Waals surface area contributed by atoms with Gasteiger partial charge in [0.15, 0.2) is 0 Å². The van der Waals surface area contributed by atoms with E-state index < -0.39 is 5.91 Å². The summed E-state index contributed by atoms with van der Waals surface area (Å²) in [6.07, 6.45) is 0. The Hall–Kier alpha value is -1.99. The summed E-state index contributed by atoms with van der Waals surface area (Å²) in [6.45, 7) is 0.938. The molecule has 20 heavy (non-hydrogen) atoms. The predicted molar refractivity (Wildman–Crippen MR) is 76.1 cm³/mol. The lowest BCUT2D eigenvalue weighted by molar-refractivity contribution is 0.0951. The van der Waals surface area contributed by atoms with Crippen molar-refractivity contribution >= 4 is 33.9 Å². The van der Waals surface area contributed by atoms with E-state index in [9.17, 15) is 9.59 Å². The second-order valence-corrected chi connectivity index (χ2v) is 5.45. The highest BCUT2D eigenvalue weighted by atomic mass is 32.2. The van der Waals surface area contributed by atoms with Crippen LogP contribution in [0.2, 0.25) is 0 Å². The van der Waals surface area contributed by atoms with E-state index in [2.05, 4.69) is 5.43 Å². The average molecular weight is 291 g/mol. The molecule has 104 valence electrons. The van der Waals surface area contributed by atoms with Crippen molar-refractivity contribution in [3.63, 3.8) is 0 Å². The van der Waals surface area contributed by atoms with Gasteiger partial charge in [0.05, 0.1) is 12.1 Å². The number of para-hydroxylation sites is 1. The van der Waals surface area contributed by atoms with Gasteiger partial charge in [0.25, 0.3) is 11.1 Å². The van der Waals surface area contributed by atoms with Crippen molar-refractivity contribution in [3.05, 3.63) is 35.6 Å². The molecule has 1 saturated heterocycles. The first-order chi connectivity index (χ1) is 9.70. The Labute approximate surface area is 119 Å². The van der Waals surface area contributed by atoms with Gasteiger partial charge in [0, 0.05) is 17.7 Å². The predicted octanol–water partition coefficient (Wildman–Crippen LogP) is 1.71. The number of nitrogens with two attached hydrogens (primary N) is 1. The van der Waals surface area contributed by atoms with Crippen LogP contribution >= 0.6 is 11.8 Å². The summed E-state index contributed by atoms with van der Waals surface area (Å²) < 4.78 is 5.71. The van der Waals surface area contributed by atoms with Gasteiger partial charge in [-0.1, -0.05) is 30.0 Å². The summed E-state index contributed by atoms with van der Waals surface area (Å²) in [4.78, 5) is 25.3. The zero-order valence-electron chi connectivity index (χ0n) is 10.6. The second kappa shape index (κ2) is 5.18. The third-order valence-electron chi connectivity index (χ3n) is 3.21. The van der Waals surface area contributed by atoms with Crippen molar-refractivity contribution in [2.75, 3.05) is 12.3 Å². The Kier molecular flexibility index (Phi) is 3.37. The number of nitrogens with one attached hydrogen (secondary N) is 1. The van der Waals surface area contributed by atoms with Crippen LogP contribution in [-0.4, -0.2) is 28.3 Å². The monoisotopic (exact) mass is 291 g/mol. The molecule has 0 bridgehead atoms. The number of hydrazine groups is 1. The number of amides is 2. The number of benzene rings is 1. The Morgan fingerprint density at radius 2 is 2.25 bits per heavy atom. The fourth-order valence-corrected chi connectivity index (χ4v) is 3.10. The molecule has 0 spiro atoms. The largest absolute Gasteiger partial charge is 0.458 e. The van der Waals surface area contributed by atoms with E-state index in [0.29, 0.717) is 28.8 Å². The first-order valence-corrected chi connectivity index (χ1v) is 7.12. The fraction of sp³-hybridized carbons (Fsp3) is 0.231. The zero-order valence-corrected chi connectivity index (χ0v) is 11.4. The number of hydrogen-bond acceptors (Lipinski definition) is 5. The second-order valence-electron chi connectivity index (χ2n) is 4.41. The van der Waals surface area contributed by atoms with E-state index >= 15 is 0 Å². The first-order valence-electron chi connectivity index (χ1n) is 6.13. The van der Waals surface area contributed by atoms with Gasteiger partial charge in [-0.2, -0.15) is 0 Å². The van der Waals surface area contributed by atoms with Crippen LogP contribution in [0.25, 0.3) is 11.0 Å². The number of nitrogen functional groups attached to an aromatic ring is 1. The Bertz CT molecular complexity index is 683. The third-order valence-corrected chi connectivity index (χ3v) is 4.10. The number of rotatable bonds is 3. The highest BCUT2D eigenvalue weighted by Gasteiger charge is 2.26. The van der Waals surface area contributed by atoms with Crippen molar-refractivity contribution in [2.24, 2.45) is 5.84 Å². The Balaban J connectivity index is 2.04. The van der Waals surface area contributed by atoms with Crippen LogP contribution in [0.5, 0.6) is 0 Å². The molecule has 6 nitrogen and oxygen atoms in total. The Morgan fingerprint density at radius 1 is 1.45 bits per heavy atom. The Morgan fingerprint density at radius 3 is 2.95 bits per heavy atom.